The number of nitrogens with one attached hydrogen (secondary N) is 1. The van der Waals surface area contributed by atoms with Gasteiger partial charge in [0.25, 0.3) is 5.91 Å². The first-order valence-corrected chi connectivity index (χ1v) is 6.53. The molecule has 2 rings (SSSR count). The second-order valence-corrected chi connectivity index (χ2v) is 4.95. The van der Waals surface area contributed by atoms with Crippen LogP contribution in [0.1, 0.15) is 35.7 Å². The molecule has 0 spiro atoms. The maximum Gasteiger partial charge on any atom is 0.252 e. The van der Waals surface area contributed by atoms with E-state index >= 15 is 0 Å². The lowest BCUT2D eigenvalue weighted by molar-refractivity contribution is 0.0946. The fourth-order valence-electron chi connectivity index (χ4n) is 1.96. The Labute approximate surface area is 113 Å². The van der Waals surface area contributed by atoms with E-state index in [0.717, 1.165) is 5.92 Å². The zero-order valence-corrected chi connectivity index (χ0v) is 11.0. The average Bonchev–Trinajstić information content (AvgIpc) is 3.27. The highest BCUT2D eigenvalue weighted by Crippen LogP contribution is 2.36. The van der Waals surface area contributed by atoms with Crippen molar-refractivity contribution in [1.29, 1.82) is 0 Å². The molecule has 1 aliphatic rings. The van der Waals surface area contributed by atoms with Gasteiger partial charge in [-0.3, -0.25) is 9.78 Å². The molecule has 0 bridgehead atoms. The van der Waals surface area contributed by atoms with Crippen LogP contribution in [-0.2, 0) is 0 Å². The van der Waals surface area contributed by atoms with Crippen molar-refractivity contribution < 1.29 is 9.90 Å². The van der Waals surface area contributed by atoms with E-state index in [9.17, 15) is 4.79 Å². The maximum absolute atomic E-state index is 12.0. The highest BCUT2D eigenvalue weighted by Gasteiger charge is 2.27. The number of pyridine rings is 1. The number of carbonyl (C=O) groups excluding carboxylic acids is 1. The molecule has 4 nitrogen and oxygen atoms in total. The lowest BCUT2D eigenvalue weighted by Crippen LogP contribution is -2.29. The third-order valence-corrected chi connectivity index (χ3v) is 3.32. The molecule has 1 aliphatic carbocycles. The van der Waals surface area contributed by atoms with Crippen molar-refractivity contribution in [3.05, 3.63) is 29.6 Å². The molecule has 1 atom stereocenters. The molecule has 1 fully saturated rings. The topological polar surface area (TPSA) is 62.2 Å². The van der Waals surface area contributed by atoms with Crippen LogP contribution in [0.3, 0.4) is 0 Å². The lowest BCUT2D eigenvalue weighted by Gasteiger charge is -2.11. The molecule has 2 N–H and O–H groups in total. The number of rotatable bonds is 4. The summed E-state index contributed by atoms with van der Waals surface area (Å²) in [6, 6.07) is 1.69. The molecule has 1 aromatic rings. The Hall–Kier alpha value is -1.86. The van der Waals surface area contributed by atoms with Crippen LogP contribution >= 0.6 is 0 Å². The molecule has 4 heteroatoms. The Balaban J connectivity index is 1.94. The van der Waals surface area contributed by atoms with Crippen molar-refractivity contribution in [3.8, 4) is 11.8 Å². The first-order valence-electron chi connectivity index (χ1n) is 6.53. The molecule has 100 valence electrons. The number of aromatic nitrogens is 1. The van der Waals surface area contributed by atoms with Crippen LogP contribution in [0.2, 0.25) is 0 Å². The van der Waals surface area contributed by atoms with Crippen molar-refractivity contribution in [1.82, 2.24) is 10.3 Å². The number of aliphatic hydroxyl groups excluding tert-OH is 1. The summed E-state index contributed by atoms with van der Waals surface area (Å²) in [4.78, 5) is 16.0. The number of hydrogen-bond acceptors (Lipinski definition) is 3. The third-order valence-electron chi connectivity index (χ3n) is 3.32. The SMILES string of the molecule is CC(CNC(=O)c1cncc(C#CCO)c1)C1CC1. The van der Waals surface area contributed by atoms with Gasteiger partial charge in [-0.15, -0.1) is 0 Å². The van der Waals surface area contributed by atoms with Crippen LogP contribution in [-0.4, -0.2) is 29.1 Å². The minimum atomic E-state index is -0.199. The summed E-state index contributed by atoms with van der Waals surface area (Å²) in [7, 11) is 0. The van der Waals surface area contributed by atoms with Gasteiger partial charge in [0.2, 0.25) is 0 Å². The van der Waals surface area contributed by atoms with Gasteiger partial charge in [-0.05, 0) is 30.7 Å². The van der Waals surface area contributed by atoms with Gasteiger partial charge in [0.15, 0.2) is 0 Å². The van der Waals surface area contributed by atoms with Gasteiger partial charge in [0.05, 0.1) is 5.56 Å². The van der Waals surface area contributed by atoms with Gasteiger partial charge < -0.3 is 10.4 Å². The minimum Gasteiger partial charge on any atom is -0.384 e. The lowest BCUT2D eigenvalue weighted by atomic mass is 10.1. The molecule has 1 saturated carbocycles. The second-order valence-electron chi connectivity index (χ2n) is 4.95. The number of carbonyl (C=O) groups is 1. The highest BCUT2D eigenvalue weighted by atomic mass is 16.2. The van der Waals surface area contributed by atoms with Gasteiger partial charge in [-0.1, -0.05) is 18.8 Å². The highest BCUT2D eigenvalue weighted by molar-refractivity contribution is 5.94. The van der Waals surface area contributed by atoms with Gasteiger partial charge in [0, 0.05) is 24.5 Å². The molecular formula is C15H18N2O2. The Morgan fingerprint density at radius 3 is 3.05 bits per heavy atom. The fourth-order valence-corrected chi connectivity index (χ4v) is 1.96. The van der Waals surface area contributed by atoms with Crippen molar-refractivity contribution >= 4 is 5.91 Å². The standard InChI is InChI=1S/C15H18N2O2/c1-11(13-4-5-13)8-17-15(19)14-7-12(3-2-6-18)9-16-10-14/h7,9-11,13,18H,4-6,8H2,1H3,(H,17,19). The zero-order valence-electron chi connectivity index (χ0n) is 11.0. The van der Waals surface area contributed by atoms with Crippen LogP contribution < -0.4 is 5.32 Å². The predicted molar refractivity (Wildman–Crippen MR) is 72.4 cm³/mol. The first kappa shape index (κ1) is 13.6. The minimum absolute atomic E-state index is 0.118. The fraction of sp³-hybridized carbons (Fsp3) is 0.467. The summed E-state index contributed by atoms with van der Waals surface area (Å²) in [6.07, 6.45) is 5.67. The largest absolute Gasteiger partial charge is 0.384 e. The quantitative estimate of drug-likeness (QED) is 0.798. The van der Waals surface area contributed by atoms with Gasteiger partial charge in [-0.25, -0.2) is 0 Å². The summed E-state index contributed by atoms with van der Waals surface area (Å²) in [6.45, 7) is 2.67. The van der Waals surface area contributed by atoms with Crippen molar-refractivity contribution in [2.75, 3.05) is 13.2 Å². The van der Waals surface area contributed by atoms with Crippen LogP contribution in [0.5, 0.6) is 0 Å². The second kappa shape index (κ2) is 6.35. The summed E-state index contributed by atoms with van der Waals surface area (Å²) in [5.74, 6) is 6.47. The summed E-state index contributed by atoms with van der Waals surface area (Å²) >= 11 is 0. The first-order chi connectivity index (χ1) is 9.20. The summed E-state index contributed by atoms with van der Waals surface area (Å²) in [5.41, 5.74) is 1.14. The van der Waals surface area contributed by atoms with E-state index in [1.165, 1.54) is 19.0 Å². The van der Waals surface area contributed by atoms with Crippen LogP contribution in [0.25, 0.3) is 0 Å². The Morgan fingerprint density at radius 1 is 1.58 bits per heavy atom. The summed E-state index contributed by atoms with van der Waals surface area (Å²) in [5, 5.41) is 11.6. The zero-order chi connectivity index (χ0) is 13.7. The number of hydrogen-bond donors (Lipinski definition) is 2. The number of amides is 1. The molecule has 1 unspecified atom stereocenters. The number of nitrogens with zero attached hydrogens (tertiary/aromatic N) is 1. The van der Waals surface area contributed by atoms with Gasteiger partial charge in [0.1, 0.15) is 6.61 Å². The van der Waals surface area contributed by atoms with Crippen LogP contribution in [0.15, 0.2) is 18.5 Å². The van der Waals surface area contributed by atoms with E-state index in [0.29, 0.717) is 23.6 Å². The van der Waals surface area contributed by atoms with Crippen LogP contribution in [0, 0.1) is 23.7 Å². The van der Waals surface area contributed by atoms with E-state index in [2.05, 4.69) is 29.1 Å². The smallest absolute Gasteiger partial charge is 0.252 e. The molecule has 0 aliphatic heterocycles. The van der Waals surface area contributed by atoms with Crippen LogP contribution in [0.4, 0.5) is 0 Å². The van der Waals surface area contributed by atoms with Gasteiger partial charge >= 0.3 is 0 Å². The Kier molecular flexibility index (Phi) is 4.53. The van der Waals surface area contributed by atoms with E-state index in [-0.39, 0.29) is 12.5 Å². The molecule has 19 heavy (non-hydrogen) atoms. The molecule has 1 aromatic heterocycles. The van der Waals surface area contributed by atoms with E-state index in [4.69, 9.17) is 5.11 Å². The number of aliphatic hydroxyl groups is 1. The molecule has 1 amide bonds. The Morgan fingerprint density at radius 2 is 2.37 bits per heavy atom. The molecule has 0 radical (unpaired) electrons. The monoisotopic (exact) mass is 258 g/mol. The van der Waals surface area contributed by atoms with Crippen molar-refractivity contribution in [3.63, 3.8) is 0 Å². The Bertz CT molecular complexity index is 512. The summed E-state index contributed by atoms with van der Waals surface area (Å²) < 4.78 is 0. The maximum atomic E-state index is 12.0. The molecule has 0 aromatic carbocycles. The average molecular weight is 258 g/mol. The predicted octanol–water partition coefficient (Wildman–Crippen LogP) is 1.20. The van der Waals surface area contributed by atoms with E-state index in [1.807, 2.05) is 0 Å². The third kappa shape index (κ3) is 4.08. The molecular weight excluding hydrogens is 240 g/mol. The van der Waals surface area contributed by atoms with E-state index < -0.39 is 0 Å². The molecule has 0 saturated heterocycles. The van der Waals surface area contributed by atoms with Gasteiger partial charge in [-0.2, -0.15) is 0 Å². The molecule has 1 heterocycles. The normalized spacial score (nSPS) is 15.3. The van der Waals surface area contributed by atoms with E-state index in [1.54, 1.807) is 12.3 Å². The van der Waals surface area contributed by atoms with Crippen molar-refractivity contribution in [2.24, 2.45) is 11.8 Å². The van der Waals surface area contributed by atoms with Crippen molar-refractivity contribution in [2.45, 2.75) is 19.8 Å².